The lowest BCUT2D eigenvalue weighted by Gasteiger charge is -2.31. The zero-order chi connectivity index (χ0) is 19.8. The highest BCUT2D eigenvalue weighted by Gasteiger charge is 2.61. The molecule has 0 bridgehead atoms. The number of rotatable bonds is 6. The SMILES string of the molecule is CCOC(=O)C(OC[C@H]1O[C@@H]2OC(C)(C)O[C@@H]2[C@@]1(C)C#CC1CC1)C(C)=O. The summed E-state index contributed by atoms with van der Waals surface area (Å²) in [6, 6.07) is 0. The first-order valence-corrected chi connectivity index (χ1v) is 9.49. The summed E-state index contributed by atoms with van der Waals surface area (Å²) in [4.78, 5) is 23.8. The molecule has 2 saturated heterocycles. The molecule has 27 heavy (non-hydrogen) atoms. The van der Waals surface area contributed by atoms with E-state index in [-0.39, 0.29) is 19.3 Å². The number of ketones is 1. The van der Waals surface area contributed by atoms with E-state index in [0.29, 0.717) is 5.92 Å². The Morgan fingerprint density at radius 1 is 1.22 bits per heavy atom. The average Bonchev–Trinajstić information content (AvgIpc) is 3.30. The van der Waals surface area contributed by atoms with Gasteiger partial charge in [0.15, 0.2) is 17.9 Å². The molecule has 7 heteroatoms. The molecule has 3 fully saturated rings. The van der Waals surface area contributed by atoms with Gasteiger partial charge >= 0.3 is 5.97 Å². The zero-order valence-electron chi connectivity index (χ0n) is 16.6. The molecule has 5 atom stereocenters. The first-order valence-electron chi connectivity index (χ1n) is 9.49. The highest BCUT2D eigenvalue weighted by molar-refractivity contribution is 6.00. The van der Waals surface area contributed by atoms with Crippen LogP contribution in [0, 0.1) is 23.2 Å². The van der Waals surface area contributed by atoms with Crippen LogP contribution in [0.5, 0.6) is 0 Å². The topological polar surface area (TPSA) is 80.3 Å². The van der Waals surface area contributed by atoms with Gasteiger partial charge in [0.25, 0.3) is 0 Å². The van der Waals surface area contributed by atoms with Crippen LogP contribution in [-0.2, 0) is 33.3 Å². The molecule has 0 spiro atoms. The minimum absolute atomic E-state index is 0.0130. The fourth-order valence-electron chi connectivity index (χ4n) is 3.32. The number of hydrogen-bond acceptors (Lipinski definition) is 7. The number of ether oxygens (including phenoxy) is 5. The standard InChI is InChI=1S/C20H28O7/c1-6-23-17(22)15(12(2)21)24-11-14-20(5,10-9-13-7-8-13)16-18(25-14)27-19(3,4)26-16/h13-16,18H,6-8,11H2,1-5H3/t14-,15?,16+,18-,20+/m1/s1. The van der Waals surface area contributed by atoms with Gasteiger partial charge in [-0.05, 0) is 47.5 Å². The summed E-state index contributed by atoms with van der Waals surface area (Å²) in [6.07, 6.45) is -0.482. The fraction of sp³-hybridized carbons (Fsp3) is 0.800. The Balaban J connectivity index is 1.74. The van der Waals surface area contributed by atoms with Crippen LogP contribution in [0.3, 0.4) is 0 Å². The Bertz CT molecular complexity index is 657. The third-order valence-corrected chi connectivity index (χ3v) is 5.02. The smallest absolute Gasteiger partial charge is 0.343 e. The lowest BCUT2D eigenvalue weighted by atomic mass is 9.81. The molecule has 0 aromatic heterocycles. The van der Waals surface area contributed by atoms with Crippen LogP contribution in [0.4, 0.5) is 0 Å². The monoisotopic (exact) mass is 380 g/mol. The first-order chi connectivity index (χ1) is 12.7. The van der Waals surface area contributed by atoms with E-state index < -0.39 is 41.5 Å². The predicted octanol–water partition coefficient (Wildman–Crippen LogP) is 1.82. The molecular weight excluding hydrogens is 352 g/mol. The van der Waals surface area contributed by atoms with Gasteiger partial charge < -0.3 is 23.7 Å². The largest absolute Gasteiger partial charge is 0.464 e. The van der Waals surface area contributed by atoms with Gasteiger partial charge in [0.1, 0.15) is 12.2 Å². The van der Waals surface area contributed by atoms with Crippen LogP contribution in [0.2, 0.25) is 0 Å². The Kier molecular flexibility index (Phi) is 5.64. The van der Waals surface area contributed by atoms with Gasteiger partial charge in [-0.1, -0.05) is 11.8 Å². The first kappa shape index (κ1) is 20.3. The normalized spacial score (nSPS) is 35.1. The van der Waals surface area contributed by atoms with Crippen molar-refractivity contribution in [3.63, 3.8) is 0 Å². The summed E-state index contributed by atoms with van der Waals surface area (Å²) in [5, 5.41) is 0. The molecule has 7 nitrogen and oxygen atoms in total. The molecular formula is C20H28O7. The van der Waals surface area contributed by atoms with Gasteiger partial charge in [-0.25, -0.2) is 4.79 Å². The molecule has 0 radical (unpaired) electrons. The summed E-state index contributed by atoms with van der Waals surface area (Å²) in [5.41, 5.74) is -0.670. The fourth-order valence-corrected chi connectivity index (χ4v) is 3.32. The van der Waals surface area contributed by atoms with Crippen molar-refractivity contribution in [1.29, 1.82) is 0 Å². The second-order valence-electron chi connectivity index (χ2n) is 7.95. The van der Waals surface area contributed by atoms with Gasteiger partial charge in [-0.15, -0.1) is 0 Å². The maximum atomic E-state index is 12.0. The van der Waals surface area contributed by atoms with E-state index in [1.54, 1.807) is 6.92 Å². The lowest BCUT2D eigenvalue weighted by molar-refractivity contribution is -0.220. The molecule has 0 aromatic rings. The quantitative estimate of drug-likeness (QED) is 0.395. The van der Waals surface area contributed by atoms with Crippen LogP contribution >= 0.6 is 0 Å². The summed E-state index contributed by atoms with van der Waals surface area (Å²) >= 11 is 0. The molecule has 0 N–H and O–H groups in total. The van der Waals surface area contributed by atoms with Gasteiger partial charge in [-0.3, -0.25) is 4.79 Å². The van der Waals surface area contributed by atoms with E-state index in [9.17, 15) is 9.59 Å². The molecule has 3 rings (SSSR count). The molecule has 0 aromatic carbocycles. The van der Waals surface area contributed by atoms with E-state index in [1.165, 1.54) is 6.92 Å². The van der Waals surface area contributed by atoms with E-state index in [2.05, 4.69) is 11.8 Å². The van der Waals surface area contributed by atoms with E-state index in [0.717, 1.165) is 12.8 Å². The number of fused-ring (bicyclic) bond motifs is 1. The van der Waals surface area contributed by atoms with Crippen molar-refractivity contribution in [3.05, 3.63) is 0 Å². The Morgan fingerprint density at radius 3 is 2.52 bits per heavy atom. The average molecular weight is 380 g/mol. The van der Waals surface area contributed by atoms with Crippen molar-refractivity contribution in [2.45, 2.75) is 77.8 Å². The number of Topliss-reactive ketones (excluding diaryl/α,β-unsaturated/α-hetero) is 1. The Morgan fingerprint density at radius 2 is 1.93 bits per heavy atom. The van der Waals surface area contributed by atoms with Crippen molar-refractivity contribution < 1.29 is 33.3 Å². The molecule has 2 heterocycles. The minimum atomic E-state index is -1.27. The minimum Gasteiger partial charge on any atom is -0.464 e. The van der Waals surface area contributed by atoms with Crippen molar-refractivity contribution in [2.24, 2.45) is 11.3 Å². The third kappa shape index (κ3) is 4.35. The van der Waals surface area contributed by atoms with Crippen LogP contribution in [0.15, 0.2) is 0 Å². The lowest BCUT2D eigenvalue weighted by Crippen LogP contribution is -2.43. The second kappa shape index (κ2) is 7.51. The number of esters is 1. The van der Waals surface area contributed by atoms with Gasteiger partial charge in [0.05, 0.1) is 18.6 Å². The summed E-state index contributed by atoms with van der Waals surface area (Å²) < 4.78 is 28.4. The molecule has 0 amide bonds. The Labute approximate surface area is 160 Å². The second-order valence-corrected chi connectivity index (χ2v) is 7.95. The van der Waals surface area contributed by atoms with Gasteiger partial charge in [0.2, 0.25) is 6.10 Å². The highest BCUT2D eigenvalue weighted by atomic mass is 16.8. The van der Waals surface area contributed by atoms with Crippen LogP contribution in [0.1, 0.15) is 47.5 Å². The summed E-state index contributed by atoms with van der Waals surface area (Å²) in [6.45, 7) is 8.79. The van der Waals surface area contributed by atoms with Crippen molar-refractivity contribution in [2.75, 3.05) is 13.2 Å². The number of hydrogen-bond donors (Lipinski definition) is 0. The molecule has 2 aliphatic heterocycles. The third-order valence-electron chi connectivity index (χ3n) is 5.02. The molecule has 150 valence electrons. The van der Waals surface area contributed by atoms with Gasteiger partial charge in [0, 0.05) is 5.92 Å². The van der Waals surface area contributed by atoms with Crippen LogP contribution in [-0.4, -0.2) is 55.4 Å². The summed E-state index contributed by atoms with van der Waals surface area (Å²) in [5.74, 6) is 5.17. The maximum absolute atomic E-state index is 12.0. The molecule has 3 aliphatic rings. The van der Waals surface area contributed by atoms with Gasteiger partial charge in [-0.2, -0.15) is 0 Å². The van der Waals surface area contributed by atoms with E-state index in [4.69, 9.17) is 23.7 Å². The van der Waals surface area contributed by atoms with E-state index >= 15 is 0 Å². The molecule has 1 aliphatic carbocycles. The number of carbonyl (C=O) groups is 2. The molecule has 1 unspecified atom stereocenters. The van der Waals surface area contributed by atoms with Crippen LogP contribution in [0.25, 0.3) is 0 Å². The summed E-state index contributed by atoms with van der Waals surface area (Å²) in [7, 11) is 0. The predicted molar refractivity (Wildman–Crippen MR) is 94.4 cm³/mol. The van der Waals surface area contributed by atoms with Crippen molar-refractivity contribution in [3.8, 4) is 11.8 Å². The zero-order valence-corrected chi connectivity index (χ0v) is 16.6. The van der Waals surface area contributed by atoms with E-state index in [1.807, 2.05) is 20.8 Å². The maximum Gasteiger partial charge on any atom is 0.343 e. The highest BCUT2D eigenvalue weighted by Crippen LogP contribution is 2.48. The number of carbonyl (C=O) groups excluding carboxylic acids is 2. The van der Waals surface area contributed by atoms with Crippen molar-refractivity contribution >= 4 is 11.8 Å². The van der Waals surface area contributed by atoms with Crippen molar-refractivity contribution in [1.82, 2.24) is 0 Å². The van der Waals surface area contributed by atoms with Crippen LogP contribution < -0.4 is 0 Å². The Hall–Kier alpha value is -1.46. The molecule has 1 saturated carbocycles.